The monoisotopic (exact) mass is 323 g/mol. The number of rotatable bonds is 2. The second kappa shape index (κ2) is 5.71. The lowest BCUT2D eigenvalue weighted by molar-refractivity contribution is 0.175. The lowest BCUT2D eigenvalue weighted by Gasteiger charge is -2.32. The van der Waals surface area contributed by atoms with E-state index in [9.17, 15) is 0 Å². The number of halogens is 1. The first-order valence-electron chi connectivity index (χ1n) is 7.28. The lowest BCUT2D eigenvalue weighted by Crippen LogP contribution is -2.40. The van der Waals surface area contributed by atoms with Crippen LogP contribution in [0.25, 0.3) is 0 Å². The molecule has 1 unspecified atom stereocenters. The van der Waals surface area contributed by atoms with E-state index in [0.29, 0.717) is 0 Å². The summed E-state index contributed by atoms with van der Waals surface area (Å²) in [5.41, 5.74) is 7.92. The van der Waals surface area contributed by atoms with Crippen molar-refractivity contribution in [2.24, 2.45) is 0 Å². The van der Waals surface area contributed by atoms with Gasteiger partial charge in [0.25, 0.3) is 0 Å². The first kappa shape index (κ1) is 13.3. The normalized spacial score (nSPS) is 24.9. The van der Waals surface area contributed by atoms with Crippen molar-refractivity contribution in [1.82, 2.24) is 4.90 Å². The predicted molar refractivity (Wildman–Crippen MR) is 84.6 cm³/mol. The van der Waals surface area contributed by atoms with E-state index in [1.54, 1.807) is 0 Å². The van der Waals surface area contributed by atoms with Crippen LogP contribution in [0.4, 0.5) is 11.4 Å². The summed E-state index contributed by atoms with van der Waals surface area (Å²) in [4.78, 5) is 5.18. The van der Waals surface area contributed by atoms with Crippen LogP contribution in [0.3, 0.4) is 0 Å². The summed E-state index contributed by atoms with van der Waals surface area (Å²) in [6, 6.07) is 6.88. The highest BCUT2D eigenvalue weighted by Gasteiger charge is 2.29. The summed E-state index contributed by atoms with van der Waals surface area (Å²) in [6.07, 6.45) is 5.46. The summed E-state index contributed by atoms with van der Waals surface area (Å²) in [5.74, 6) is 0. The fourth-order valence-corrected chi connectivity index (χ4v) is 3.97. The van der Waals surface area contributed by atoms with E-state index in [2.05, 4.69) is 31.8 Å². The molecule has 2 saturated heterocycles. The largest absolute Gasteiger partial charge is 0.399 e. The Bertz CT molecular complexity index is 443. The van der Waals surface area contributed by atoms with Gasteiger partial charge in [0.1, 0.15) is 0 Å². The third kappa shape index (κ3) is 2.90. The third-order valence-corrected chi connectivity index (χ3v) is 5.02. The first-order valence-corrected chi connectivity index (χ1v) is 8.07. The minimum atomic E-state index is 0.741. The van der Waals surface area contributed by atoms with Crippen LogP contribution in [-0.4, -0.2) is 37.1 Å². The minimum absolute atomic E-state index is 0.741. The molecule has 0 aliphatic carbocycles. The minimum Gasteiger partial charge on any atom is -0.399 e. The molecule has 2 aliphatic heterocycles. The average Bonchev–Trinajstić information content (AvgIpc) is 2.89. The highest BCUT2D eigenvalue weighted by molar-refractivity contribution is 9.10. The van der Waals surface area contributed by atoms with Gasteiger partial charge in [-0.25, -0.2) is 0 Å². The lowest BCUT2D eigenvalue weighted by atomic mass is 10.1. The maximum absolute atomic E-state index is 5.81. The smallest absolute Gasteiger partial charge is 0.0512 e. The maximum atomic E-state index is 5.81. The van der Waals surface area contributed by atoms with E-state index < -0.39 is 0 Å². The van der Waals surface area contributed by atoms with Gasteiger partial charge in [0.15, 0.2) is 0 Å². The third-order valence-electron chi connectivity index (χ3n) is 4.38. The van der Waals surface area contributed by atoms with Gasteiger partial charge in [-0.05, 0) is 66.5 Å². The predicted octanol–water partition coefficient (Wildman–Crippen LogP) is 3.10. The molecule has 0 spiro atoms. The number of nitrogen functional groups attached to an aromatic ring is 1. The zero-order chi connectivity index (χ0) is 13.2. The highest BCUT2D eigenvalue weighted by atomic mass is 79.9. The Morgan fingerprint density at radius 3 is 2.63 bits per heavy atom. The number of hydrogen-bond donors (Lipinski definition) is 1. The van der Waals surface area contributed by atoms with E-state index in [1.165, 1.54) is 44.5 Å². The van der Waals surface area contributed by atoms with E-state index in [4.69, 9.17) is 5.73 Å². The Labute approximate surface area is 123 Å². The van der Waals surface area contributed by atoms with Gasteiger partial charge in [0, 0.05) is 29.3 Å². The van der Waals surface area contributed by atoms with Crippen LogP contribution < -0.4 is 10.6 Å². The summed E-state index contributed by atoms with van der Waals surface area (Å²) < 4.78 is 1.12. The van der Waals surface area contributed by atoms with Gasteiger partial charge in [0.2, 0.25) is 0 Å². The fraction of sp³-hybridized carbons (Fsp3) is 0.600. The number of nitrogens with zero attached hydrogens (tertiary/aromatic N) is 2. The van der Waals surface area contributed by atoms with Crippen LogP contribution in [0.1, 0.15) is 25.7 Å². The van der Waals surface area contributed by atoms with Gasteiger partial charge in [-0.1, -0.05) is 6.42 Å². The van der Waals surface area contributed by atoms with Crippen molar-refractivity contribution in [3.8, 4) is 0 Å². The Kier molecular flexibility index (Phi) is 3.99. The van der Waals surface area contributed by atoms with Crippen LogP contribution in [0.5, 0.6) is 0 Å². The van der Waals surface area contributed by atoms with Gasteiger partial charge < -0.3 is 10.6 Å². The average molecular weight is 324 g/mol. The number of likely N-dealkylation sites (tertiary alicyclic amines) is 1. The van der Waals surface area contributed by atoms with Crippen LogP contribution >= 0.6 is 15.9 Å². The molecule has 2 aliphatic rings. The summed E-state index contributed by atoms with van der Waals surface area (Å²) in [7, 11) is 0. The Morgan fingerprint density at radius 1 is 1.11 bits per heavy atom. The number of piperidine rings is 1. The Balaban J connectivity index is 1.67. The van der Waals surface area contributed by atoms with Gasteiger partial charge >= 0.3 is 0 Å². The molecule has 2 N–H and O–H groups in total. The summed E-state index contributed by atoms with van der Waals surface area (Å²) in [6.45, 7) is 4.90. The molecule has 1 aromatic rings. The zero-order valence-electron chi connectivity index (χ0n) is 11.3. The standard InChI is InChI=1S/C15H22BrN3/c16-14-10-12(17)4-5-15(14)19-9-6-13(11-19)18-7-2-1-3-8-18/h4-5,10,13H,1-3,6-9,11,17H2. The second-order valence-corrected chi connectivity index (χ2v) is 6.55. The van der Waals surface area contributed by atoms with E-state index in [0.717, 1.165) is 29.3 Å². The topological polar surface area (TPSA) is 32.5 Å². The SMILES string of the molecule is Nc1ccc(N2CCC(N3CCCCC3)C2)c(Br)c1. The molecular weight excluding hydrogens is 302 g/mol. The van der Waals surface area contributed by atoms with Gasteiger partial charge in [-0.2, -0.15) is 0 Å². The molecule has 104 valence electrons. The zero-order valence-corrected chi connectivity index (χ0v) is 12.9. The highest BCUT2D eigenvalue weighted by Crippen LogP contribution is 2.32. The van der Waals surface area contributed by atoms with Crippen LogP contribution in [0.2, 0.25) is 0 Å². The van der Waals surface area contributed by atoms with Crippen molar-refractivity contribution in [3.05, 3.63) is 22.7 Å². The molecule has 2 heterocycles. The molecule has 1 atom stereocenters. The van der Waals surface area contributed by atoms with Crippen molar-refractivity contribution < 1.29 is 0 Å². The molecular formula is C15H22BrN3. The Morgan fingerprint density at radius 2 is 1.89 bits per heavy atom. The van der Waals surface area contributed by atoms with Gasteiger partial charge in [-0.3, -0.25) is 4.90 Å². The van der Waals surface area contributed by atoms with Crippen LogP contribution in [0, 0.1) is 0 Å². The summed E-state index contributed by atoms with van der Waals surface area (Å²) >= 11 is 3.64. The van der Waals surface area contributed by atoms with Gasteiger partial charge in [0.05, 0.1) is 5.69 Å². The van der Waals surface area contributed by atoms with Crippen molar-refractivity contribution in [2.45, 2.75) is 31.7 Å². The molecule has 2 fully saturated rings. The molecule has 1 aromatic carbocycles. The molecule has 3 rings (SSSR count). The van der Waals surface area contributed by atoms with Crippen LogP contribution in [-0.2, 0) is 0 Å². The summed E-state index contributed by atoms with van der Waals surface area (Å²) in [5, 5.41) is 0. The molecule has 4 heteroatoms. The Hall–Kier alpha value is -0.740. The molecule has 0 amide bonds. The van der Waals surface area contributed by atoms with Crippen molar-refractivity contribution >= 4 is 27.3 Å². The van der Waals surface area contributed by atoms with Gasteiger partial charge in [-0.15, -0.1) is 0 Å². The first-order chi connectivity index (χ1) is 9.24. The quantitative estimate of drug-likeness (QED) is 0.849. The maximum Gasteiger partial charge on any atom is 0.0512 e. The van der Waals surface area contributed by atoms with Crippen molar-refractivity contribution in [1.29, 1.82) is 0 Å². The van der Waals surface area contributed by atoms with E-state index in [1.807, 2.05) is 12.1 Å². The van der Waals surface area contributed by atoms with E-state index in [-0.39, 0.29) is 0 Å². The number of anilines is 2. The number of hydrogen-bond acceptors (Lipinski definition) is 3. The molecule has 0 bridgehead atoms. The number of benzene rings is 1. The molecule has 0 saturated carbocycles. The fourth-order valence-electron chi connectivity index (χ4n) is 3.32. The van der Waals surface area contributed by atoms with Crippen molar-refractivity contribution in [3.63, 3.8) is 0 Å². The second-order valence-electron chi connectivity index (χ2n) is 5.70. The van der Waals surface area contributed by atoms with E-state index >= 15 is 0 Å². The molecule has 0 radical (unpaired) electrons. The molecule has 19 heavy (non-hydrogen) atoms. The van der Waals surface area contributed by atoms with Crippen LogP contribution in [0.15, 0.2) is 22.7 Å². The number of nitrogens with two attached hydrogens (primary N) is 1. The molecule has 0 aromatic heterocycles. The van der Waals surface area contributed by atoms with Crippen molar-refractivity contribution in [2.75, 3.05) is 36.8 Å². The molecule has 3 nitrogen and oxygen atoms in total.